The van der Waals surface area contributed by atoms with E-state index in [1.165, 1.54) is 37.3 Å². The summed E-state index contributed by atoms with van der Waals surface area (Å²) in [5, 5.41) is 9.60. The van der Waals surface area contributed by atoms with Crippen molar-refractivity contribution < 1.29 is 31.8 Å². The molecule has 3 aromatic rings. The van der Waals surface area contributed by atoms with Gasteiger partial charge in [-0.15, -0.1) is 0 Å². The summed E-state index contributed by atoms with van der Waals surface area (Å²) in [7, 11) is 0. The normalized spacial score (nSPS) is 22.2. The van der Waals surface area contributed by atoms with Crippen LogP contribution in [-0.4, -0.2) is 11.7 Å². The highest BCUT2D eigenvalue weighted by molar-refractivity contribution is 5.66. The minimum atomic E-state index is -1.08. The van der Waals surface area contributed by atoms with E-state index in [1.807, 2.05) is 0 Å². The molecule has 0 bridgehead atoms. The Morgan fingerprint density at radius 3 is 2.11 bits per heavy atom. The van der Waals surface area contributed by atoms with Gasteiger partial charge in [0.1, 0.15) is 11.9 Å². The molecule has 1 aliphatic carbocycles. The van der Waals surface area contributed by atoms with E-state index in [0.29, 0.717) is 24.5 Å². The third-order valence-electron chi connectivity index (χ3n) is 7.84. The van der Waals surface area contributed by atoms with Crippen LogP contribution in [0.15, 0.2) is 42.5 Å². The van der Waals surface area contributed by atoms with Gasteiger partial charge in [0.25, 0.3) is 0 Å². The largest absolute Gasteiger partial charge is 0.389 e. The number of aliphatic hydroxyl groups excluding tert-OH is 1. The molecule has 0 radical (unpaired) electrons. The fourth-order valence-electron chi connectivity index (χ4n) is 5.53. The van der Waals surface area contributed by atoms with Crippen LogP contribution in [0.4, 0.5) is 22.0 Å². The Hall–Kier alpha value is -2.77. The quantitative estimate of drug-likeness (QED) is 0.254. The minimum absolute atomic E-state index is 0.0137. The number of hydrogen-bond acceptors (Lipinski definition) is 2. The summed E-state index contributed by atoms with van der Waals surface area (Å²) in [6.45, 7) is 1.76. The smallest absolute Gasteiger partial charge is 0.167 e. The van der Waals surface area contributed by atoms with E-state index in [1.54, 1.807) is 12.1 Å². The van der Waals surface area contributed by atoms with Gasteiger partial charge in [0, 0.05) is 22.3 Å². The lowest BCUT2D eigenvalue weighted by Crippen LogP contribution is -2.16. The second kappa shape index (κ2) is 10.5. The van der Waals surface area contributed by atoms with Crippen LogP contribution in [0, 0.1) is 35.0 Å². The van der Waals surface area contributed by atoms with Gasteiger partial charge < -0.3 is 9.84 Å². The van der Waals surface area contributed by atoms with Crippen molar-refractivity contribution in [1.29, 1.82) is 0 Å². The van der Waals surface area contributed by atoms with Crippen LogP contribution in [0.1, 0.15) is 79.4 Å². The molecule has 5 rings (SSSR count). The third kappa shape index (κ3) is 5.30. The fourth-order valence-corrected chi connectivity index (χ4v) is 5.53. The van der Waals surface area contributed by atoms with Gasteiger partial charge in [0.15, 0.2) is 23.3 Å². The molecule has 3 aromatic carbocycles. The Morgan fingerprint density at radius 1 is 0.811 bits per heavy atom. The van der Waals surface area contributed by atoms with Crippen LogP contribution in [0.5, 0.6) is 0 Å². The molecule has 0 spiro atoms. The van der Waals surface area contributed by atoms with E-state index in [9.17, 15) is 27.1 Å². The average Bonchev–Trinajstić information content (AvgIpc) is 3.72. The first kappa shape index (κ1) is 25.9. The molecular weight excluding hydrogens is 487 g/mol. The number of rotatable bonds is 7. The lowest BCUT2D eigenvalue weighted by Gasteiger charge is -2.29. The van der Waals surface area contributed by atoms with Crippen molar-refractivity contribution in [1.82, 2.24) is 0 Å². The number of ether oxygens (including phenoxy) is 1. The second-order valence-electron chi connectivity index (χ2n) is 10.3. The standard InChI is InChI=1S/C30H29F5O2/c1-16(36)20-10-11-21(28(33)27(20)32)19-7-4-17(5-8-19)2-3-18-6-9-22(25(31)14-18)23-12-13-24(26-15-37-26)30(35)29(23)34/h6,9-14,16-17,19,26,36H,2-5,7-8,15H2,1H3. The van der Waals surface area contributed by atoms with Crippen molar-refractivity contribution in [2.24, 2.45) is 5.92 Å². The maximum Gasteiger partial charge on any atom is 0.167 e. The third-order valence-corrected chi connectivity index (χ3v) is 7.84. The summed E-state index contributed by atoms with van der Waals surface area (Å²) < 4.78 is 77.8. The van der Waals surface area contributed by atoms with E-state index in [2.05, 4.69) is 0 Å². The summed E-state index contributed by atoms with van der Waals surface area (Å²) >= 11 is 0. The Kier molecular flexibility index (Phi) is 7.37. The van der Waals surface area contributed by atoms with Crippen molar-refractivity contribution in [2.75, 3.05) is 6.61 Å². The molecule has 1 aliphatic heterocycles. The average molecular weight is 517 g/mol. The molecule has 0 amide bonds. The van der Waals surface area contributed by atoms with Gasteiger partial charge in [-0.1, -0.05) is 36.4 Å². The highest BCUT2D eigenvalue weighted by atomic mass is 19.2. The van der Waals surface area contributed by atoms with Crippen molar-refractivity contribution in [3.63, 3.8) is 0 Å². The van der Waals surface area contributed by atoms with E-state index in [0.717, 1.165) is 37.7 Å². The van der Waals surface area contributed by atoms with Crippen LogP contribution < -0.4 is 0 Å². The summed E-state index contributed by atoms with van der Waals surface area (Å²) in [6.07, 6.45) is 3.13. The summed E-state index contributed by atoms with van der Waals surface area (Å²) in [4.78, 5) is 0. The Balaban J connectivity index is 1.19. The maximum absolute atomic E-state index is 14.9. The molecule has 2 nitrogen and oxygen atoms in total. The fraction of sp³-hybridized carbons (Fsp3) is 0.400. The first-order chi connectivity index (χ1) is 17.7. The predicted molar refractivity (Wildman–Crippen MR) is 130 cm³/mol. The number of halogens is 5. The van der Waals surface area contributed by atoms with Crippen LogP contribution >= 0.6 is 0 Å². The maximum atomic E-state index is 14.9. The van der Waals surface area contributed by atoms with Gasteiger partial charge in [0.2, 0.25) is 0 Å². The summed E-state index contributed by atoms with van der Waals surface area (Å²) in [5.74, 6) is -4.22. The Morgan fingerprint density at radius 2 is 1.46 bits per heavy atom. The lowest BCUT2D eigenvalue weighted by molar-refractivity contribution is 0.192. The number of benzene rings is 3. The predicted octanol–water partition coefficient (Wildman–Crippen LogP) is 8.08. The zero-order chi connectivity index (χ0) is 26.3. The minimum Gasteiger partial charge on any atom is -0.389 e. The number of epoxide rings is 1. The van der Waals surface area contributed by atoms with Gasteiger partial charge in [-0.05, 0) is 74.5 Å². The molecule has 1 N–H and O–H groups in total. The molecule has 2 aliphatic rings. The number of aryl methyl sites for hydroxylation is 1. The molecule has 2 atom stereocenters. The Labute approximate surface area is 213 Å². The number of aliphatic hydroxyl groups is 1. The monoisotopic (exact) mass is 516 g/mol. The van der Waals surface area contributed by atoms with E-state index in [4.69, 9.17) is 4.74 Å². The van der Waals surface area contributed by atoms with Gasteiger partial charge in [-0.3, -0.25) is 0 Å². The molecule has 2 unspecified atom stereocenters. The van der Waals surface area contributed by atoms with E-state index < -0.39 is 41.3 Å². The number of hydrogen-bond donors (Lipinski definition) is 1. The van der Waals surface area contributed by atoms with Crippen molar-refractivity contribution in [3.05, 3.63) is 93.8 Å². The SMILES string of the molecule is CC(O)c1ccc(C2CCC(CCc3ccc(-c4ccc(C5CO5)c(F)c4F)c(F)c3)CC2)c(F)c1F. The first-order valence-corrected chi connectivity index (χ1v) is 12.8. The summed E-state index contributed by atoms with van der Waals surface area (Å²) in [6, 6.07) is 10.5. The molecule has 37 heavy (non-hydrogen) atoms. The van der Waals surface area contributed by atoms with E-state index in [-0.39, 0.29) is 28.2 Å². The highest BCUT2D eigenvalue weighted by Gasteiger charge is 2.31. The van der Waals surface area contributed by atoms with Crippen molar-refractivity contribution in [3.8, 4) is 11.1 Å². The topological polar surface area (TPSA) is 32.8 Å². The van der Waals surface area contributed by atoms with Gasteiger partial charge in [-0.2, -0.15) is 0 Å². The van der Waals surface area contributed by atoms with Crippen LogP contribution in [0.3, 0.4) is 0 Å². The van der Waals surface area contributed by atoms with Gasteiger partial charge in [0.05, 0.1) is 12.7 Å². The molecular formula is C30H29F5O2. The Bertz CT molecular complexity index is 1290. The second-order valence-corrected chi connectivity index (χ2v) is 10.3. The first-order valence-electron chi connectivity index (χ1n) is 12.8. The van der Waals surface area contributed by atoms with Crippen LogP contribution in [-0.2, 0) is 11.2 Å². The molecule has 7 heteroatoms. The highest BCUT2D eigenvalue weighted by Crippen LogP contribution is 2.40. The van der Waals surface area contributed by atoms with Crippen molar-refractivity contribution >= 4 is 0 Å². The summed E-state index contributed by atoms with van der Waals surface area (Å²) in [5.41, 5.74) is 1.14. The van der Waals surface area contributed by atoms with Gasteiger partial charge in [-0.25, -0.2) is 22.0 Å². The van der Waals surface area contributed by atoms with Crippen molar-refractivity contribution in [2.45, 2.75) is 63.6 Å². The zero-order valence-corrected chi connectivity index (χ0v) is 20.5. The van der Waals surface area contributed by atoms with E-state index >= 15 is 0 Å². The molecule has 1 saturated heterocycles. The molecule has 0 aromatic heterocycles. The van der Waals surface area contributed by atoms with Crippen LogP contribution in [0.25, 0.3) is 11.1 Å². The molecule has 1 heterocycles. The van der Waals surface area contributed by atoms with Gasteiger partial charge >= 0.3 is 0 Å². The molecule has 1 saturated carbocycles. The zero-order valence-electron chi connectivity index (χ0n) is 20.5. The van der Waals surface area contributed by atoms with Crippen LogP contribution in [0.2, 0.25) is 0 Å². The molecule has 2 fully saturated rings. The molecule has 196 valence electrons. The lowest BCUT2D eigenvalue weighted by atomic mass is 9.76.